The van der Waals surface area contributed by atoms with Gasteiger partial charge in [-0.1, -0.05) is 18.2 Å². The van der Waals surface area contributed by atoms with E-state index in [0.717, 1.165) is 5.56 Å². The summed E-state index contributed by atoms with van der Waals surface area (Å²) in [5.74, 6) is 0.320. The van der Waals surface area contributed by atoms with Crippen LogP contribution < -0.4 is 10.3 Å². The average molecular weight is 298 g/mol. The summed E-state index contributed by atoms with van der Waals surface area (Å²) in [5, 5.41) is 0.529. The largest absolute Gasteiger partial charge is 0.494 e. The number of para-hydroxylation sites is 1. The lowest BCUT2D eigenvalue weighted by Crippen LogP contribution is -2.21. The Bertz CT molecular complexity index is 857. The molecule has 0 N–H and O–H groups in total. The quantitative estimate of drug-likeness (QED) is 0.744. The summed E-state index contributed by atoms with van der Waals surface area (Å²) in [4.78, 5) is 16.8. The monoisotopic (exact) mass is 298 g/mol. The van der Waals surface area contributed by atoms with Crippen LogP contribution in [0.3, 0.4) is 0 Å². The van der Waals surface area contributed by atoms with Gasteiger partial charge in [-0.2, -0.15) is 0 Å². The maximum Gasteiger partial charge on any atom is 0.261 e. The van der Waals surface area contributed by atoms with Crippen LogP contribution in [0.2, 0.25) is 0 Å². The van der Waals surface area contributed by atoms with Crippen LogP contribution in [-0.4, -0.2) is 16.7 Å². The molecule has 3 aromatic rings. The second kappa shape index (κ2) is 5.97. The summed E-state index contributed by atoms with van der Waals surface area (Å²) in [7, 11) is 1.55. The molecule has 0 aliphatic rings. The average Bonchev–Trinajstić information content (AvgIpc) is 2.55. The Labute approximate surface area is 126 Å². The summed E-state index contributed by atoms with van der Waals surface area (Å²) in [5.41, 5.74) is 1.43. The van der Waals surface area contributed by atoms with E-state index in [-0.39, 0.29) is 11.4 Å². The molecule has 0 unspecified atom stereocenters. The highest BCUT2D eigenvalue weighted by atomic mass is 19.1. The Morgan fingerprint density at radius 2 is 1.95 bits per heavy atom. The molecule has 0 spiro atoms. The minimum atomic E-state index is -0.264. The van der Waals surface area contributed by atoms with Crippen molar-refractivity contribution in [3.63, 3.8) is 0 Å². The molecule has 0 aliphatic heterocycles. The minimum absolute atomic E-state index is 0.106. The molecule has 1 aromatic heterocycles. The molecule has 0 bridgehead atoms. The Balaban J connectivity index is 1.90. The number of hydrogen-bond acceptors (Lipinski definition) is 3. The lowest BCUT2D eigenvalue weighted by Gasteiger charge is -2.08. The van der Waals surface area contributed by atoms with E-state index in [9.17, 15) is 9.18 Å². The second-order valence-electron chi connectivity index (χ2n) is 4.98. The molecule has 4 nitrogen and oxygen atoms in total. The van der Waals surface area contributed by atoms with Crippen molar-refractivity contribution in [2.75, 3.05) is 7.11 Å². The van der Waals surface area contributed by atoms with Crippen molar-refractivity contribution in [2.45, 2.75) is 13.0 Å². The number of hydrogen-bond donors (Lipinski definition) is 0. The van der Waals surface area contributed by atoms with E-state index < -0.39 is 0 Å². The van der Waals surface area contributed by atoms with Gasteiger partial charge in [-0.05, 0) is 36.2 Å². The molecule has 22 heavy (non-hydrogen) atoms. The number of aromatic nitrogens is 2. The van der Waals surface area contributed by atoms with Gasteiger partial charge in [0.1, 0.15) is 17.1 Å². The van der Waals surface area contributed by atoms with E-state index >= 15 is 0 Å². The van der Waals surface area contributed by atoms with Crippen molar-refractivity contribution in [2.24, 2.45) is 0 Å². The van der Waals surface area contributed by atoms with E-state index in [1.807, 2.05) is 0 Å². The predicted octanol–water partition coefficient (Wildman–Crippen LogP) is 2.79. The van der Waals surface area contributed by atoms with Gasteiger partial charge in [0, 0.05) is 6.54 Å². The normalized spacial score (nSPS) is 10.8. The third kappa shape index (κ3) is 2.70. The molecular formula is C17H15FN2O2. The first-order valence-electron chi connectivity index (χ1n) is 6.95. The van der Waals surface area contributed by atoms with E-state index in [1.54, 1.807) is 42.0 Å². The van der Waals surface area contributed by atoms with Gasteiger partial charge in [0.15, 0.2) is 0 Å². The van der Waals surface area contributed by atoms with Gasteiger partial charge in [0.25, 0.3) is 5.56 Å². The molecule has 112 valence electrons. The maximum atomic E-state index is 12.9. The van der Waals surface area contributed by atoms with Crippen molar-refractivity contribution < 1.29 is 9.13 Å². The van der Waals surface area contributed by atoms with Gasteiger partial charge < -0.3 is 4.74 Å². The first-order valence-corrected chi connectivity index (χ1v) is 6.95. The van der Waals surface area contributed by atoms with E-state index in [0.29, 0.717) is 29.6 Å². The molecule has 0 atom stereocenters. The highest BCUT2D eigenvalue weighted by Crippen LogP contribution is 2.20. The van der Waals surface area contributed by atoms with Crippen LogP contribution in [0.1, 0.15) is 5.56 Å². The smallest absolute Gasteiger partial charge is 0.261 e. The minimum Gasteiger partial charge on any atom is -0.494 e. The van der Waals surface area contributed by atoms with Crippen molar-refractivity contribution in [1.82, 2.24) is 9.55 Å². The number of benzene rings is 2. The zero-order chi connectivity index (χ0) is 15.5. The van der Waals surface area contributed by atoms with Crippen LogP contribution in [0.5, 0.6) is 5.75 Å². The molecule has 0 radical (unpaired) electrons. The van der Waals surface area contributed by atoms with Crippen molar-refractivity contribution in [3.8, 4) is 5.75 Å². The zero-order valence-electron chi connectivity index (χ0n) is 12.1. The highest BCUT2D eigenvalue weighted by molar-refractivity contribution is 5.83. The number of methoxy groups -OCH3 is 1. The molecule has 0 saturated heterocycles. The van der Waals surface area contributed by atoms with Crippen LogP contribution in [-0.2, 0) is 13.0 Å². The molecule has 0 aliphatic carbocycles. The topological polar surface area (TPSA) is 44.1 Å². The third-order valence-electron chi connectivity index (χ3n) is 3.59. The number of nitrogens with zero attached hydrogens (tertiary/aromatic N) is 2. The number of fused-ring (bicyclic) bond motifs is 1. The Morgan fingerprint density at radius 1 is 1.18 bits per heavy atom. The van der Waals surface area contributed by atoms with Gasteiger partial charge >= 0.3 is 0 Å². The summed E-state index contributed by atoms with van der Waals surface area (Å²) < 4.78 is 19.7. The van der Waals surface area contributed by atoms with Gasteiger partial charge in [-0.25, -0.2) is 9.37 Å². The zero-order valence-corrected chi connectivity index (χ0v) is 12.1. The SMILES string of the molecule is COc1cccc2c(=O)n(CCc3ccc(F)cc3)cnc12. The number of ether oxygens (including phenoxy) is 1. The Morgan fingerprint density at radius 3 is 2.68 bits per heavy atom. The van der Waals surface area contributed by atoms with E-state index in [4.69, 9.17) is 4.74 Å². The summed E-state index contributed by atoms with van der Waals surface area (Å²) in [6.45, 7) is 0.491. The van der Waals surface area contributed by atoms with Crippen molar-refractivity contribution in [3.05, 3.63) is 70.5 Å². The van der Waals surface area contributed by atoms with Gasteiger partial charge in [-0.15, -0.1) is 0 Å². The van der Waals surface area contributed by atoms with Crippen molar-refractivity contribution in [1.29, 1.82) is 0 Å². The van der Waals surface area contributed by atoms with Crippen molar-refractivity contribution >= 4 is 10.9 Å². The number of halogens is 1. The molecular weight excluding hydrogens is 283 g/mol. The highest BCUT2D eigenvalue weighted by Gasteiger charge is 2.08. The maximum absolute atomic E-state index is 12.9. The van der Waals surface area contributed by atoms with Gasteiger partial charge in [0.05, 0.1) is 18.8 Å². The molecule has 3 rings (SSSR count). The van der Waals surface area contributed by atoms with Crippen LogP contribution in [0.25, 0.3) is 10.9 Å². The Hall–Kier alpha value is -2.69. The van der Waals surface area contributed by atoms with Crippen LogP contribution in [0.15, 0.2) is 53.6 Å². The van der Waals surface area contributed by atoms with Crippen LogP contribution >= 0.6 is 0 Å². The summed E-state index contributed by atoms with van der Waals surface area (Å²) in [6.07, 6.45) is 2.16. The lowest BCUT2D eigenvalue weighted by atomic mass is 10.1. The molecule has 0 fully saturated rings. The molecule has 5 heteroatoms. The van der Waals surface area contributed by atoms with Gasteiger partial charge in [-0.3, -0.25) is 9.36 Å². The van der Waals surface area contributed by atoms with Gasteiger partial charge in [0.2, 0.25) is 0 Å². The first-order chi connectivity index (χ1) is 10.7. The number of rotatable bonds is 4. The summed E-state index contributed by atoms with van der Waals surface area (Å²) >= 11 is 0. The standard InChI is InChI=1S/C17H15FN2O2/c1-22-15-4-2-3-14-16(15)19-11-20(17(14)21)10-9-12-5-7-13(18)8-6-12/h2-8,11H,9-10H2,1H3. The fourth-order valence-electron chi connectivity index (χ4n) is 2.39. The number of aryl methyl sites for hydroxylation is 2. The second-order valence-corrected chi connectivity index (χ2v) is 4.98. The predicted molar refractivity (Wildman–Crippen MR) is 82.7 cm³/mol. The molecule has 1 heterocycles. The molecule has 0 amide bonds. The fourth-order valence-corrected chi connectivity index (χ4v) is 2.39. The van der Waals surface area contributed by atoms with E-state index in [1.165, 1.54) is 18.5 Å². The summed E-state index contributed by atoms with van der Waals surface area (Å²) in [6, 6.07) is 11.6. The fraction of sp³-hybridized carbons (Fsp3) is 0.176. The first kappa shape index (κ1) is 14.3. The Kier molecular flexibility index (Phi) is 3.87. The van der Waals surface area contributed by atoms with E-state index in [2.05, 4.69) is 4.98 Å². The molecule has 2 aromatic carbocycles. The lowest BCUT2D eigenvalue weighted by molar-refractivity contribution is 0.418. The third-order valence-corrected chi connectivity index (χ3v) is 3.59. The van der Waals surface area contributed by atoms with Crippen LogP contribution in [0, 0.1) is 5.82 Å². The van der Waals surface area contributed by atoms with Crippen LogP contribution in [0.4, 0.5) is 4.39 Å². The molecule has 0 saturated carbocycles.